The van der Waals surface area contributed by atoms with Gasteiger partial charge in [0.05, 0.1) is 29.5 Å². The maximum Gasteiger partial charge on any atom is 0.252 e. The number of hydrogen-bond acceptors (Lipinski definition) is 7. The van der Waals surface area contributed by atoms with Gasteiger partial charge < -0.3 is 20.3 Å². The lowest BCUT2D eigenvalue weighted by Gasteiger charge is -2.28. The molecule has 1 fully saturated rings. The van der Waals surface area contributed by atoms with E-state index in [1.165, 1.54) is 21.7 Å². The number of hydrogen-bond donors (Lipinski definition) is 2. The van der Waals surface area contributed by atoms with E-state index in [2.05, 4.69) is 10.6 Å². The molecule has 0 bridgehead atoms. The summed E-state index contributed by atoms with van der Waals surface area (Å²) in [5.74, 6) is -0.540. The van der Waals surface area contributed by atoms with Crippen LogP contribution in [0.4, 0.5) is 11.4 Å². The van der Waals surface area contributed by atoms with E-state index in [4.69, 9.17) is 4.74 Å². The molecule has 0 unspecified atom stereocenters. The number of sulfonamides is 1. The maximum absolute atomic E-state index is 13.1. The van der Waals surface area contributed by atoms with Gasteiger partial charge in [-0.2, -0.15) is 15.6 Å². The Morgan fingerprint density at radius 2 is 1.88 bits per heavy atom. The number of rotatable bonds is 10. The van der Waals surface area contributed by atoms with E-state index in [1.807, 2.05) is 24.1 Å². The van der Waals surface area contributed by atoms with E-state index < -0.39 is 10.0 Å². The minimum atomic E-state index is -3.70. The molecule has 180 valence electrons. The van der Waals surface area contributed by atoms with Crippen molar-refractivity contribution < 1.29 is 22.7 Å². The number of amides is 2. The summed E-state index contributed by atoms with van der Waals surface area (Å²) >= 11 is 1.43. The monoisotopic (exact) mass is 494 g/mol. The van der Waals surface area contributed by atoms with Crippen molar-refractivity contribution in [3.63, 3.8) is 0 Å². The molecule has 2 aromatic rings. The molecule has 0 aliphatic carbocycles. The highest BCUT2D eigenvalue weighted by molar-refractivity contribution is 7.89. The van der Waals surface area contributed by atoms with E-state index in [-0.39, 0.29) is 29.7 Å². The van der Waals surface area contributed by atoms with Crippen molar-refractivity contribution in [1.82, 2.24) is 9.62 Å². The molecule has 2 N–H and O–H groups in total. The van der Waals surface area contributed by atoms with Crippen LogP contribution in [0.1, 0.15) is 30.6 Å². The molecule has 2 amide bonds. The normalized spacial score (nSPS) is 14.6. The first kappa shape index (κ1) is 25.2. The summed E-state index contributed by atoms with van der Waals surface area (Å²) in [6.45, 7) is 6.87. The number of carbonyl (C=O) groups is 2. The van der Waals surface area contributed by atoms with Gasteiger partial charge in [-0.1, -0.05) is 0 Å². The van der Waals surface area contributed by atoms with Gasteiger partial charge in [0.15, 0.2) is 0 Å². The molecule has 1 aromatic carbocycles. The molecule has 3 rings (SSSR count). The minimum Gasteiger partial charge on any atom is -0.379 e. The smallest absolute Gasteiger partial charge is 0.252 e. The molecule has 0 spiro atoms. The largest absolute Gasteiger partial charge is 0.379 e. The van der Waals surface area contributed by atoms with Crippen molar-refractivity contribution in [1.29, 1.82) is 0 Å². The van der Waals surface area contributed by atoms with Gasteiger partial charge in [-0.05, 0) is 43.5 Å². The van der Waals surface area contributed by atoms with Crippen LogP contribution in [0.5, 0.6) is 0 Å². The fraction of sp³-hybridized carbons (Fsp3) is 0.455. The molecular weight excluding hydrogens is 464 g/mol. The fourth-order valence-electron chi connectivity index (χ4n) is 3.55. The van der Waals surface area contributed by atoms with Crippen molar-refractivity contribution in [2.45, 2.75) is 25.2 Å². The first-order valence-corrected chi connectivity index (χ1v) is 13.3. The molecule has 11 heteroatoms. The highest BCUT2D eigenvalue weighted by Gasteiger charge is 2.27. The molecule has 1 aliphatic rings. The van der Waals surface area contributed by atoms with Crippen molar-refractivity contribution in [2.24, 2.45) is 0 Å². The lowest BCUT2D eigenvalue weighted by molar-refractivity contribution is -0.116. The van der Waals surface area contributed by atoms with Gasteiger partial charge in [0.25, 0.3) is 5.91 Å². The van der Waals surface area contributed by atoms with Crippen LogP contribution in [0.25, 0.3) is 0 Å². The topological polar surface area (TPSA) is 108 Å². The summed E-state index contributed by atoms with van der Waals surface area (Å²) in [6.07, 6.45) is 0.0635. The lowest BCUT2D eigenvalue weighted by Crippen LogP contribution is -2.40. The Hall–Kier alpha value is -2.47. The second kappa shape index (κ2) is 11.6. The van der Waals surface area contributed by atoms with Gasteiger partial charge in [0.1, 0.15) is 0 Å². The first-order valence-electron chi connectivity index (χ1n) is 10.9. The van der Waals surface area contributed by atoms with Gasteiger partial charge in [-0.3, -0.25) is 9.59 Å². The number of ether oxygens (including phenoxy) is 1. The highest BCUT2D eigenvalue weighted by Crippen LogP contribution is 2.30. The maximum atomic E-state index is 13.1. The average molecular weight is 495 g/mol. The van der Waals surface area contributed by atoms with Crippen molar-refractivity contribution >= 4 is 44.5 Å². The van der Waals surface area contributed by atoms with E-state index in [0.29, 0.717) is 50.6 Å². The number of carbonyl (C=O) groups excluding carboxylic acids is 2. The standard InChI is InChI=1S/C22H30N4O5S2/c1-3-25(4-2)20-6-5-18(33(29,30)26-10-12-31-13-11-26)15-19(20)24-21(27)7-9-23-22(28)17-8-14-32-16-17/h5-6,8,14-16H,3-4,7,9-13H2,1-2H3,(H,23,28)(H,24,27). The molecule has 1 aliphatic heterocycles. The second-order valence-corrected chi connectivity index (χ2v) is 10.2. The Balaban J connectivity index is 1.75. The quantitative estimate of drug-likeness (QED) is 0.525. The van der Waals surface area contributed by atoms with Crippen LogP contribution < -0.4 is 15.5 Å². The third-order valence-corrected chi connectivity index (χ3v) is 7.95. The minimum absolute atomic E-state index is 0.0635. The molecule has 0 atom stereocenters. The average Bonchev–Trinajstić information content (AvgIpc) is 3.36. The molecule has 33 heavy (non-hydrogen) atoms. The highest BCUT2D eigenvalue weighted by atomic mass is 32.2. The van der Waals surface area contributed by atoms with Crippen LogP contribution in [0.15, 0.2) is 39.9 Å². The van der Waals surface area contributed by atoms with Gasteiger partial charge >= 0.3 is 0 Å². The summed E-state index contributed by atoms with van der Waals surface area (Å²) in [5.41, 5.74) is 1.74. The van der Waals surface area contributed by atoms with Crippen LogP contribution >= 0.6 is 11.3 Å². The second-order valence-electron chi connectivity index (χ2n) is 7.43. The van der Waals surface area contributed by atoms with Crippen LogP contribution in [0.2, 0.25) is 0 Å². The van der Waals surface area contributed by atoms with Gasteiger partial charge in [0, 0.05) is 50.1 Å². The van der Waals surface area contributed by atoms with E-state index in [0.717, 1.165) is 5.69 Å². The summed E-state index contributed by atoms with van der Waals surface area (Å²) in [5, 5.41) is 9.12. The predicted octanol–water partition coefficient (Wildman–Crippen LogP) is 2.37. The third kappa shape index (κ3) is 6.32. The van der Waals surface area contributed by atoms with Crippen LogP contribution in [0, 0.1) is 0 Å². The van der Waals surface area contributed by atoms with Crippen LogP contribution in [-0.4, -0.2) is 70.5 Å². The van der Waals surface area contributed by atoms with Crippen molar-refractivity contribution in [3.8, 4) is 0 Å². The summed E-state index contributed by atoms with van der Waals surface area (Å²) in [4.78, 5) is 26.9. The van der Waals surface area contributed by atoms with Crippen LogP contribution in [0.3, 0.4) is 0 Å². The summed E-state index contributed by atoms with van der Waals surface area (Å²) < 4.78 is 32.9. The number of benzene rings is 1. The SMILES string of the molecule is CCN(CC)c1ccc(S(=O)(=O)N2CCOCC2)cc1NC(=O)CCNC(=O)c1ccsc1. The first-order chi connectivity index (χ1) is 15.9. The molecule has 0 radical (unpaired) electrons. The zero-order chi connectivity index (χ0) is 23.8. The molecule has 1 saturated heterocycles. The Morgan fingerprint density at radius 1 is 1.15 bits per heavy atom. The van der Waals surface area contributed by atoms with E-state index in [1.54, 1.807) is 23.6 Å². The number of morpholine rings is 1. The Labute approximate surface area is 198 Å². The van der Waals surface area contributed by atoms with Crippen molar-refractivity contribution in [3.05, 3.63) is 40.6 Å². The van der Waals surface area contributed by atoms with Crippen molar-refractivity contribution in [2.75, 3.05) is 56.2 Å². The lowest BCUT2D eigenvalue weighted by atomic mass is 10.2. The Bertz CT molecular complexity index is 1050. The van der Waals surface area contributed by atoms with Gasteiger partial charge in [0.2, 0.25) is 15.9 Å². The van der Waals surface area contributed by atoms with Gasteiger partial charge in [-0.15, -0.1) is 0 Å². The Kier molecular flexibility index (Phi) is 8.84. The number of anilines is 2. The number of thiophene rings is 1. The molecule has 9 nitrogen and oxygen atoms in total. The zero-order valence-corrected chi connectivity index (χ0v) is 20.5. The molecule has 0 saturated carbocycles. The van der Waals surface area contributed by atoms with Gasteiger partial charge in [-0.25, -0.2) is 8.42 Å². The summed E-state index contributed by atoms with van der Waals surface area (Å²) in [6, 6.07) is 6.54. The molecule has 1 aromatic heterocycles. The number of nitrogens with one attached hydrogen (secondary N) is 2. The predicted molar refractivity (Wildman–Crippen MR) is 129 cm³/mol. The number of nitrogens with zero attached hydrogens (tertiary/aromatic N) is 2. The fourth-order valence-corrected chi connectivity index (χ4v) is 5.62. The van der Waals surface area contributed by atoms with E-state index in [9.17, 15) is 18.0 Å². The third-order valence-electron chi connectivity index (χ3n) is 5.38. The zero-order valence-electron chi connectivity index (χ0n) is 18.9. The molecule has 2 heterocycles. The van der Waals surface area contributed by atoms with E-state index >= 15 is 0 Å². The van der Waals surface area contributed by atoms with Crippen LogP contribution in [-0.2, 0) is 19.6 Å². The Morgan fingerprint density at radius 3 is 2.52 bits per heavy atom. The molecular formula is C22H30N4O5S2. The summed E-state index contributed by atoms with van der Waals surface area (Å²) in [7, 11) is -3.70.